The van der Waals surface area contributed by atoms with Crippen molar-refractivity contribution in [3.63, 3.8) is 0 Å². The molecular weight excluding hydrogens is 222 g/mol. The van der Waals surface area contributed by atoms with E-state index in [1.54, 1.807) is 11.3 Å². The minimum atomic E-state index is -1.45. The molecule has 4 heteroatoms. The average molecular weight is 243 g/mol. The van der Waals surface area contributed by atoms with Crippen LogP contribution in [0.25, 0.3) is 0 Å². The quantitative estimate of drug-likeness (QED) is 0.774. The van der Waals surface area contributed by atoms with Crippen LogP contribution < -0.4 is 5.32 Å². The van der Waals surface area contributed by atoms with Gasteiger partial charge in [-0.15, -0.1) is 11.3 Å². The van der Waals surface area contributed by atoms with Gasteiger partial charge in [-0.3, -0.25) is 0 Å². The van der Waals surface area contributed by atoms with Gasteiger partial charge in [0.25, 0.3) is 0 Å². The molecule has 86 valence electrons. The van der Waals surface area contributed by atoms with Gasteiger partial charge in [0.1, 0.15) is 0 Å². The smallest absolute Gasteiger partial charge is 0.184 e. The Kier molecular flexibility index (Phi) is 4.98. The van der Waals surface area contributed by atoms with Gasteiger partial charge in [0.2, 0.25) is 0 Å². The molecule has 0 aliphatic rings. The second-order valence-corrected chi connectivity index (χ2v) is 10.1. The highest BCUT2D eigenvalue weighted by atomic mass is 32.1. The van der Waals surface area contributed by atoms with E-state index in [0.29, 0.717) is 0 Å². The predicted octanol–water partition coefficient (Wildman–Crippen LogP) is 3.25. The molecular formula is C11H21NOSSi. The summed E-state index contributed by atoms with van der Waals surface area (Å²) in [5.74, 6) is 0. The zero-order valence-electron chi connectivity index (χ0n) is 10.0. The van der Waals surface area contributed by atoms with Crippen molar-refractivity contribution in [1.29, 1.82) is 0 Å². The SMILES string of the molecule is CNCC[C@H](O[Si](C)(C)C)c1cccs1. The molecule has 0 saturated heterocycles. The molecule has 0 bridgehead atoms. The first-order chi connectivity index (χ1) is 7.03. The average Bonchev–Trinajstić information content (AvgIpc) is 2.63. The Hall–Kier alpha value is -0.163. The fourth-order valence-corrected chi connectivity index (χ4v) is 3.41. The highest BCUT2D eigenvalue weighted by Crippen LogP contribution is 2.28. The Morgan fingerprint density at radius 2 is 2.20 bits per heavy atom. The van der Waals surface area contributed by atoms with Crippen molar-refractivity contribution in [3.05, 3.63) is 22.4 Å². The second kappa shape index (κ2) is 5.79. The van der Waals surface area contributed by atoms with E-state index in [2.05, 4.69) is 42.5 Å². The fourth-order valence-electron chi connectivity index (χ4n) is 1.44. The molecule has 1 N–H and O–H groups in total. The van der Waals surface area contributed by atoms with Crippen LogP contribution in [0.5, 0.6) is 0 Å². The second-order valence-electron chi connectivity index (χ2n) is 4.63. The summed E-state index contributed by atoms with van der Waals surface area (Å²) in [7, 11) is 0.539. The third-order valence-corrected chi connectivity index (χ3v) is 3.97. The molecule has 0 unspecified atom stereocenters. The van der Waals surface area contributed by atoms with Crippen LogP contribution in [0.15, 0.2) is 17.5 Å². The summed E-state index contributed by atoms with van der Waals surface area (Å²) in [6, 6.07) is 4.27. The highest BCUT2D eigenvalue weighted by molar-refractivity contribution is 7.10. The molecule has 0 aliphatic heterocycles. The van der Waals surface area contributed by atoms with Crippen molar-refractivity contribution in [2.24, 2.45) is 0 Å². The van der Waals surface area contributed by atoms with Crippen LogP contribution in [0.1, 0.15) is 17.4 Å². The molecule has 0 radical (unpaired) electrons. The minimum Gasteiger partial charge on any atom is -0.410 e. The van der Waals surface area contributed by atoms with E-state index < -0.39 is 8.32 Å². The van der Waals surface area contributed by atoms with Crippen LogP contribution in [0.4, 0.5) is 0 Å². The fraction of sp³-hybridized carbons (Fsp3) is 0.636. The third kappa shape index (κ3) is 4.93. The summed E-state index contributed by atoms with van der Waals surface area (Å²) in [4.78, 5) is 1.35. The van der Waals surface area contributed by atoms with Crippen molar-refractivity contribution in [2.75, 3.05) is 13.6 Å². The van der Waals surface area contributed by atoms with E-state index in [-0.39, 0.29) is 6.10 Å². The van der Waals surface area contributed by atoms with Crippen molar-refractivity contribution >= 4 is 19.7 Å². The largest absolute Gasteiger partial charge is 0.410 e. The van der Waals surface area contributed by atoms with E-state index in [1.807, 2.05) is 7.05 Å². The lowest BCUT2D eigenvalue weighted by Crippen LogP contribution is -2.29. The monoisotopic (exact) mass is 243 g/mol. The summed E-state index contributed by atoms with van der Waals surface area (Å²) >= 11 is 1.79. The third-order valence-electron chi connectivity index (χ3n) is 2.01. The molecule has 1 heterocycles. The molecule has 1 aromatic rings. The minimum absolute atomic E-state index is 0.282. The lowest BCUT2D eigenvalue weighted by molar-refractivity contribution is 0.191. The van der Waals surface area contributed by atoms with Crippen LogP contribution in [-0.4, -0.2) is 21.9 Å². The van der Waals surface area contributed by atoms with Gasteiger partial charge in [0.15, 0.2) is 8.32 Å². The molecule has 0 amide bonds. The summed E-state index contributed by atoms with van der Waals surface area (Å²) in [5, 5.41) is 5.31. The lowest BCUT2D eigenvalue weighted by Gasteiger charge is -2.25. The Morgan fingerprint density at radius 1 is 1.47 bits per heavy atom. The van der Waals surface area contributed by atoms with Gasteiger partial charge in [-0.25, -0.2) is 0 Å². The topological polar surface area (TPSA) is 21.3 Å². The zero-order chi connectivity index (χ0) is 11.3. The number of thiophene rings is 1. The molecule has 1 aromatic heterocycles. The Bertz CT molecular complexity index is 269. The number of rotatable bonds is 6. The van der Waals surface area contributed by atoms with E-state index >= 15 is 0 Å². The molecule has 0 fully saturated rings. The normalized spacial score (nSPS) is 14.1. The van der Waals surface area contributed by atoms with Crippen LogP contribution in [-0.2, 0) is 4.43 Å². The van der Waals surface area contributed by atoms with Gasteiger partial charge in [0.05, 0.1) is 6.10 Å². The predicted molar refractivity (Wildman–Crippen MR) is 70.0 cm³/mol. The summed E-state index contributed by atoms with van der Waals surface area (Å²) in [5.41, 5.74) is 0. The maximum absolute atomic E-state index is 6.19. The summed E-state index contributed by atoms with van der Waals surface area (Å²) in [6.45, 7) is 7.74. The molecule has 15 heavy (non-hydrogen) atoms. The van der Waals surface area contributed by atoms with E-state index in [9.17, 15) is 0 Å². The van der Waals surface area contributed by atoms with E-state index in [1.165, 1.54) is 4.88 Å². The van der Waals surface area contributed by atoms with Crippen molar-refractivity contribution in [3.8, 4) is 0 Å². The Labute approximate surface area is 97.8 Å². The maximum atomic E-state index is 6.19. The standard InChI is InChI=1S/C11H21NOSSi/c1-12-8-7-10(13-15(2,3)4)11-6-5-9-14-11/h5-6,9-10,12H,7-8H2,1-4H3/t10-/m0/s1. The number of nitrogens with one attached hydrogen (secondary N) is 1. The maximum Gasteiger partial charge on any atom is 0.184 e. The summed E-state index contributed by atoms with van der Waals surface area (Å²) in [6.07, 6.45) is 1.34. The van der Waals surface area contributed by atoms with E-state index in [4.69, 9.17) is 4.43 Å². The molecule has 0 aliphatic carbocycles. The molecule has 0 aromatic carbocycles. The Morgan fingerprint density at radius 3 is 2.67 bits per heavy atom. The Balaban J connectivity index is 2.62. The van der Waals surface area contributed by atoms with Gasteiger partial charge < -0.3 is 9.74 Å². The molecule has 0 spiro atoms. The molecule has 1 atom stereocenters. The zero-order valence-corrected chi connectivity index (χ0v) is 11.9. The van der Waals surface area contributed by atoms with E-state index in [0.717, 1.165) is 13.0 Å². The van der Waals surface area contributed by atoms with Crippen LogP contribution in [0.3, 0.4) is 0 Å². The van der Waals surface area contributed by atoms with Gasteiger partial charge >= 0.3 is 0 Å². The van der Waals surface area contributed by atoms with Gasteiger partial charge in [-0.2, -0.15) is 0 Å². The lowest BCUT2D eigenvalue weighted by atomic mass is 10.2. The first kappa shape index (κ1) is 12.9. The molecule has 2 nitrogen and oxygen atoms in total. The van der Waals surface area contributed by atoms with Crippen molar-refractivity contribution in [2.45, 2.75) is 32.2 Å². The molecule has 1 rings (SSSR count). The van der Waals surface area contributed by atoms with Crippen LogP contribution in [0, 0.1) is 0 Å². The van der Waals surface area contributed by atoms with Crippen molar-refractivity contribution < 1.29 is 4.43 Å². The van der Waals surface area contributed by atoms with Gasteiger partial charge in [-0.1, -0.05) is 6.07 Å². The highest BCUT2D eigenvalue weighted by Gasteiger charge is 2.22. The molecule has 0 saturated carbocycles. The first-order valence-corrected chi connectivity index (χ1v) is 9.67. The van der Waals surface area contributed by atoms with Crippen LogP contribution in [0.2, 0.25) is 19.6 Å². The van der Waals surface area contributed by atoms with Crippen molar-refractivity contribution in [1.82, 2.24) is 5.32 Å². The number of hydrogen-bond donors (Lipinski definition) is 1. The van der Waals surface area contributed by atoms with Crippen LogP contribution >= 0.6 is 11.3 Å². The number of hydrogen-bond acceptors (Lipinski definition) is 3. The van der Waals surface area contributed by atoms with Gasteiger partial charge in [0, 0.05) is 4.88 Å². The van der Waals surface area contributed by atoms with Gasteiger partial charge in [-0.05, 0) is 51.1 Å². The summed E-state index contributed by atoms with van der Waals surface area (Å²) < 4.78 is 6.19. The first-order valence-electron chi connectivity index (χ1n) is 5.39.